The van der Waals surface area contributed by atoms with Gasteiger partial charge in [-0.25, -0.2) is 4.79 Å². The maximum Gasteiger partial charge on any atom is 0.337 e. The summed E-state index contributed by atoms with van der Waals surface area (Å²) < 4.78 is 10.6. The second kappa shape index (κ2) is 12.1. The van der Waals surface area contributed by atoms with Crippen molar-refractivity contribution in [3.63, 3.8) is 0 Å². The van der Waals surface area contributed by atoms with E-state index >= 15 is 0 Å². The van der Waals surface area contributed by atoms with Gasteiger partial charge in [-0.3, -0.25) is 4.79 Å². The van der Waals surface area contributed by atoms with Crippen LogP contribution in [0.1, 0.15) is 45.4 Å². The summed E-state index contributed by atoms with van der Waals surface area (Å²) in [4.78, 5) is 25.9. The Morgan fingerprint density at radius 2 is 1.83 bits per heavy atom. The number of unbranched alkanes of at least 4 members (excludes halogenated alkanes) is 5. The van der Waals surface area contributed by atoms with Crippen molar-refractivity contribution in [3.05, 3.63) is 35.5 Å². The van der Waals surface area contributed by atoms with Gasteiger partial charge in [0.15, 0.2) is 0 Å². The molecular weight excluding hydrogens is 372 g/mol. The van der Waals surface area contributed by atoms with Crippen LogP contribution in [-0.2, 0) is 14.3 Å². The molecule has 7 nitrogen and oxygen atoms in total. The number of nitrogens with zero attached hydrogens (tertiary/aromatic N) is 1. The smallest absolute Gasteiger partial charge is 0.337 e. The van der Waals surface area contributed by atoms with E-state index < -0.39 is 5.97 Å². The molecule has 0 fully saturated rings. The largest absolute Gasteiger partial charge is 0.494 e. The molecule has 0 bridgehead atoms. The number of esters is 1. The molecule has 0 radical (unpaired) electrons. The third kappa shape index (κ3) is 6.78. The zero-order valence-corrected chi connectivity index (χ0v) is 17.4. The van der Waals surface area contributed by atoms with Crippen molar-refractivity contribution in [3.8, 4) is 5.75 Å². The lowest BCUT2D eigenvalue weighted by molar-refractivity contribution is -0.136. The van der Waals surface area contributed by atoms with Gasteiger partial charge >= 0.3 is 5.97 Å². The molecule has 2 N–H and O–H groups in total. The summed E-state index contributed by atoms with van der Waals surface area (Å²) in [5, 5.41) is 12.1. The number of carbonyl (C=O) groups excluding carboxylic acids is 2. The first-order valence-electron chi connectivity index (χ1n) is 10.3. The molecule has 0 aromatic heterocycles. The standard InChI is InChI=1S/C22H32N2O5/c1-3-4-5-6-7-8-15-29-18-11-9-17(10-12-18)23-20-19(22(27)28-2)16-24(13-14-25)21(20)26/h9-12,23,25H,3-8,13-16H2,1-2H3. The average molecular weight is 405 g/mol. The predicted molar refractivity (Wildman–Crippen MR) is 112 cm³/mol. The summed E-state index contributed by atoms with van der Waals surface area (Å²) in [6, 6.07) is 7.28. The number of benzene rings is 1. The Labute approximate surface area is 172 Å². The molecular formula is C22H32N2O5. The molecule has 1 aromatic rings. The van der Waals surface area contributed by atoms with Crippen LogP contribution in [0.15, 0.2) is 35.5 Å². The van der Waals surface area contributed by atoms with E-state index in [1.807, 2.05) is 12.1 Å². The van der Waals surface area contributed by atoms with Gasteiger partial charge in [0.1, 0.15) is 11.4 Å². The number of carbonyl (C=O) groups is 2. The van der Waals surface area contributed by atoms with Crippen molar-refractivity contribution in [1.82, 2.24) is 4.90 Å². The molecule has 1 heterocycles. The molecule has 0 unspecified atom stereocenters. The van der Waals surface area contributed by atoms with Crippen LogP contribution in [0.4, 0.5) is 5.69 Å². The summed E-state index contributed by atoms with van der Waals surface area (Å²) in [5.41, 5.74) is 1.12. The Bertz CT molecular complexity index is 700. The SMILES string of the molecule is CCCCCCCCOc1ccc(NC2=C(C(=O)OC)CN(CCO)C2=O)cc1. The van der Waals surface area contributed by atoms with Gasteiger partial charge in [0, 0.05) is 12.2 Å². The van der Waals surface area contributed by atoms with E-state index in [-0.39, 0.29) is 36.9 Å². The minimum atomic E-state index is -0.555. The number of β-amino-alcohol motifs (C(OH)–C–C–N with tert-alkyl or cyclic N) is 1. The number of hydrogen-bond acceptors (Lipinski definition) is 6. The van der Waals surface area contributed by atoms with Crippen LogP contribution in [-0.4, -0.2) is 55.3 Å². The fraction of sp³-hybridized carbons (Fsp3) is 0.545. The molecule has 1 amide bonds. The van der Waals surface area contributed by atoms with Gasteiger partial charge in [0.05, 0.1) is 32.4 Å². The van der Waals surface area contributed by atoms with Crippen LogP contribution in [0.3, 0.4) is 0 Å². The summed E-state index contributed by atoms with van der Waals surface area (Å²) >= 11 is 0. The van der Waals surface area contributed by atoms with Crippen LogP contribution >= 0.6 is 0 Å². The molecule has 1 aliphatic rings. The molecule has 7 heteroatoms. The van der Waals surface area contributed by atoms with Crippen LogP contribution < -0.4 is 10.1 Å². The Morgan fingerprint density at radius 1 is 1.14 bits per heavy atom. The molecule has 1 aliphatic heterocycles. The highest BCUT2D eigenvalue weighted by Gasteiger charge is 2.34. The highest BCUT2D eigenvalue weighted by Crippen LogP contribution is 2.24. The Balaban J connectivity index is 1.90. The normalized spacial score (nSPS) is 13.8. The first-order chi connectivity index (χ1) is 14.1. The second-order valence-electron chi connectivity index (χ2n) is 7.06. The second-order valence-corrected chi connectivity index (χ2v) is 7.06. The average Bonchev–Trinajstić information content (AvgIpc) is 3.04. The van der Waals surface area contributed by atoms with Gasteiger partial charge in [-0.1, -0.05) is 39.0 Å². The monoisotopic (exact) mass is 404 g/mol. The first-order valence-corrected chi connectivity index (χ1v) is 10.3. The van der Waals surface area contributed by atoms with E-state index in [4.69, 9.17) is 14.6 Å². The van der Waals surface area contributed by atoms with E-state index in [0.717, 1.165) is 12.2 Å². The molecule has 2 rings (SSSR count). The van der Waals surface area contributed by atoms with Crippen LogP contribution in [0.2, 0.25) is 0 Å². The number of anilines is 1. The maximum atomic E-state index is 12.5. The highest BCUT2D eigenvalue weighted by molar-refractivity contribution is 6.08. The number of aliphatic hydroxyl groups excluding tert-OH is 1. The van der Waals surface area contributed by atoms with Crippen molar-refractivity contribution in [2.45, 2.75) is 45.4 Å². The quantitative estimate of drug-likeness (QED) is 0.388. The predicted octanol–water partition coefficient (Wildman–Crippen LogP) is 3.10. The number of rotatable bonds is 13. The minimum absolute atomic E-state index is 0.119. The molecule has 0 aliphatic carbocycles. The molecule has 0 saturated carbocycles. The van der Waals surface area contributed by atoms with Crippen molar-refractivity contribution in [2.24, 2.45) is 0 Å². The third-order valence-corrected chi connectivity index (χ3v) is 4.84. The third-order valence-electron chi connectivity index (χ3n) is 4.84. The van der Waals surface area contributed by atoms with Crippen molar-refractivity contribution < 1.29 is 24.2 Å². The fourth-order valence-corrected chi connectivity index (χ4v) is 3.20. The molecule has 29 heavy (non-hydrogen) atoms. The summed E-state index contributed by atoms with van der Waals surface area (Å²) in [7, 11) is 1.28. The maximum absolute atomic E-state index is 12.5. The molecule has 0 spiro atoms. The van der Waals surface area contributed by atoms with E-state index in [0.29, 0.717) is 12.3 Å². The number of ether oxygens (including phenoxy) is 2. The van der Waals surface area contributed by atoms with Crippen molar-refractivity contribution in [2.75, 3.05) is 38.7 Å². The number of nitrogens with one attached hydrogen (secondary N) is 1. The van der Waals surface area contributed by atoms with Gasteiger partial charge in [0.2, 0.25) is 0 Å². The summed E-state index contributed by atoms with van der Waals surface area (Å²) in [6.45, 7) is 3.01. The van der Waals surface area contributed by atoms with Gasteiger partial charge in [0.25, 0.3) is 5.91 Å². The topological polar surface area (TPSA) is 88.1 Å². The van der Waals surface area contributed by atoms with E-state index in [9.17, 15) is 9.59 Å². The first kappa shape index (κ1) is 22.7. The van der Waals surface area contributed by atoms with Gasteiger partial charge in [-0.15, -0.1) is 0 Å². The van der Waals surface area contributed by atoms with Crippen molar-refractivity contribution in [1.29, 1.82) is 0 Å². The van der Waals surface area contributed by atoms with Crippen LogP contribution in [0, 0.1) is 0 Å². The van der Waals surface area contributed by atoms with Crippen LogP contribution in [0.25, 0.3) is 0 Å². The van der Waals surface area contributed by atoms with Crippen LogP contribution in [0.5, 0.6) is 5.75 Å². The van der Waals surface area contributed by atoms with Crippen molar-refractivity contribution >= 4 is 17.6 Å². The van der Waals surface area contributed by atoms with Gasteiger partial charge < -0.3 is 24.8 Å². The number of methoxy groups -OCH3 is 1. The lowest BCUT2D eigenvalue weighted by atomic mass is 10.1. The Morgan fingerprint density at radius 3 is 2.48 bits per heavy atom. The van der Waals surface area contributed by atoms with E-state index in [1.54, 1.807) is 12.1 Å². The minimum Gasteiger partial charge on any atom is -0.494 e. The summed E-state index contributed by atoms with van der Waals surface area (Å²) in [6.07, 6.45) is 7.29. The lowest BCUT2D eigenvalue weighted by Crippen LogP contribution is -2.31. The Kier molecular flexibility index (Phi) is 9.50. The van der Waals surface area contributed by atoms with Gasteiger partial charge in [-0.2, -0.15) is 0 Å². The zero-order valence-electron chi connectivity index (χ0n) is 17.4. The molecule has 1 aromatic carbocycles. The fourth-order valence-electron chi connectivity index (χ4n) is 3.20. The Hall–Kier alpha value is -2.54. The van der Waals surface area contributed by atoms with E-state index in [1.165, 1.54) is 44.1 Å². The highest BCUT2D eigenvalue weighted by atomic mass is 16.5. The number of amides is 1. The number of hydrogen-bond donors (Lipinski definition) is 2. The summed E-state index contributed by atoms with van der Waals surface area (Å²) in [5.74, 6) is -0.117. The molecule has 0 atom stereocenters. The molecule has 160 valence electrons. The van der Waals surface area contributed by atoms with E-state index in [2.05, 4.69) is 12.2 Å². The number of aliphatic hydroxyl groups is 1. The molecule has 0 saturated heterocycles. The van der Waals surface area contributed by atoms with Gasteiger partial charge in [-0.05, 0) is 30.7 Å². The lowest BCUT2D eigenvalue weighted by Gasteiger charge is -2.15. The zero-order chi connectivity index (χ0) is 21.1.